The van der Waals surface area contributed by atoms with Gasteiger partial charge in [0.2, 0.25) is 0 Å². The molecule has 0 amide bonds. The smallest absolute Gasteiger partial charge is 0.0552 e. The van der Waals surface area contributed by atoms with Gasteiger partial charge in [-0.05, 0) is 43.9 Å². The van der Waals surface area contributed by atoms with Crippen molar-refractivity contribution in [1.82, 2.24) is 9.88 Å². The van der Waals surface area contributed by atoms with Gasteiger partial charge in [-0.3, -0.25) is 0 Å². The van der Waals surface area contributed by atoms with Crippen LogP contribution in [0.25, 0.3) is 10.9 Å². The molecule has 2 aromatic rings. The van der Waals surface area contributed by atoms with E-state index in [0.29, 0.717) is 11.5 Å². The number of nitrogens with zero attached hydrogens (tertiary/aromatic N) is 1. The predicted molar refractivity (Wildman–Crippen MR) is 84.0 cm³/mol. The van der Waals surface area contributed by atoms with E-state index >= 15 is 0 Å². The van der Waals surface area contributed by atoms with Crippen LogP contribution in [0.5, 0.6) is 0 Å². The highest BCUT2D eigenvalue weighted by atomic mass is 15.1. The van der Waals surface area contributed by atoms with Crippen LogP contribution in [0, 0.1) is 5.41 Å². The molecule has 2 atom stereocenters. The van der Waals surface area contributed by atoms with Crippen molar-refractivity contribution in [2.24, 2.45) is 5.41 Å². The van der Waals surface area contributed by atoms with Gasteiger partial charge >= 0.3 is 0 Å². The van der Waals surface area contributed by atoms with Crippen molar-refractivity contribution in [2.75, 3.05) is 6.54 Å². The van der Waals surface area contributed by atoms with Crippen LogP contribution in [0.1, 0.15) is 50.4 Å². The van der Waals surface area contributed by atoms with E-state index in [4.69, 9.17) is 0 Å². The van der Waals surface area contributed by atoms with Gasteiger partial charge < -0.3 is 9.88 Å². The molecule has 106 valence electrons. The van der Waals surface area contributed by atoms with Crippen LogP contribution in [0.3, 0.4) is 0 Å². The zero-order chi connectivity index (χ0) is 13.7. The predicted octanol–water partition coefficient (Wildman–Crippen LogP) is 4.04. The van der Waals surface area contributed by atoms with E-state index in [1.807, 2.05) is 0 Å². The van der Waals surface area contributed by atoms with Gasteiger partial charge in [0.1, 0.15) is 0 Å². The van der Waals surface area contributed by atoms with E-state index in [-0.39, 0.29) is 0 Å². The Bertz CT molecular complexity index is 655. The minimum absolute atomic E-state index is 0.460. The van der Waals surface area contributed by atoms with Crippen molar-refractivity contribution < 1.29 is 0 Å². The first-order chi connectivity index (χ1) is 9.80. The number of hydrogen-bond donors (Lipinski definition) is 1. The third kappa shape index (κ3) is 1.43. The van der Waals surface area contributed by atoms with Crippen LogP contribution in [-0.4, -0.2) is 11.1 Å². The Kier molecular flexibility index (Phi) is 2.71. The van der Waals surface area contributed by atoms with Crippen LogP contribution in [0.2, 0.25) is 0 Å². The summed E-state index contributed by atoms with van der Waals surface area (Å²) in [5.74, 6) is 0. The molecule has 3 heterocycles. The molecule has 1 fully saturated rings. The summed E-state index contributed by atoms with van der Waals surface area (Å²) >= 11 is 0. The first-order valence-electron chi connectivity index (χ1n) is 8.14. The monoisotopic (exact) mass is 268 g/mol. The summed E-state index contributed by atoms with van der Waals surface area (Å²) < 4.78 is 2.63. The molecule has 1 aromatic carbocycles. The summed E-state index contributed by atoms with van der Waals surface area (Å²) in [4.78, 5) is 0. The van der Waals surface area contributed by atoms with Gasteiger partial charge in [-0.2, -0.15) is 0 Å². The second-order valence-electron chi connectivity index (χ2n) is 6.53. The third-order valence-corrected chi connectivity index (χ3v) is 5.74. The number of aryl methyl sites for hydroxylation is 1. The average Bonchev–Trinajstić information content (AvgIpc) is 2.99. The molecule has 0 saturated carbocycles. The van der Waals surface area contributed by atoms with Gasteiger partial charge in [0.25, 0.3) is 0 Å². The Morgan fingerprint density at radius 3 is 2.95 bits per heavy atom. The quantitative estimate of drug-likeness (QED) is 0.870. The van der Waals surface area contributed by atoms with Gasteiger partial charge in [0.05, 0.1) is 6.04 Å². The fraction of sp³-hybridized carbons (Fsp3) is 0.556. The Balaban J connectivity index is 1.98. The minimum atomic E-state index is 0.460. The number of aromatic nitrogens is 1. The highest BCUT2D eigenvalue weighted by molar-refractivity contribution is 5.86. The molecule has 0 spiro atoms. The van der Waals surface area contributed by atoms with Crippen molar-refractivity contribution in [3.63, 3.8) is 0 Å². The molecule has 1 aromatic heterocycles. The second kappa shape index (κ2) is 4.36. The van der Waals surface area contributed by atoms with E-state index in [0.717, 1.165) is 6.42 Å². The number of nitrogens with one attached hydrogen (secondary N) is 1. The fourth-order valence-electron chi connectivity index (χ4n) is 4.68. The lowest BCUT2D eigenvalue weighted by atomic mass is 9.72. The number of rotatable bonds is 2. The molecular weight excluding hydrogens is 244 g/mol. The largest absolute Gasteiger partial charge is 0.342 e. The Morgan fingerprint density at radius 1 is 1.30 bits per heavy atom. The number of para-hydroxylation sites is 1. The van der Waals surface area contributed by atoms with Crippen molar-refractivity contribution >= 4 is 10.9 Å². The van der Waals surface area contributed by atoms with Gasteiger partial charge in [-0.15, -0.1) is 0 Å². The summed E-state index contributed by atoms with van der Waals surface area (Å²) in [5, 5.41) is 5.32. The number of benzene rings is 1. The van der Waals surface area contributed by atoms with Crippen molar-refractivity contribution in [3.8, 4) is 0 Å². The Morgan fingerprint density at radius 2 is 2.15 bits per heavy atom. The lowest BCUT2D eigenvalue weighted by molar-refractivity contribution is 0.138. The zero-order valence-electron chi connectivity index (χ0n) is 12.6. The molecule has 2 nitrogen and oxygen atoms in total. The lowest BCUT2D eigenvalue weighted by Gasteiger charge is -2.39. The van der Waals surface area contributed by atoms with Crippen LogP contribution in [0.15, 0.2) is 24.3 Å². The molecule has 0 unspecified atom stereocenters. The molecule has 2 heteroatoms. The van der Waals surface area contributed by atoms with Gasteiger partial charge in [0.15, 0.2) is 0 Å². The molecular formula is C18H24N2. The summed E-state index contributed by atoms with van der Waals surface area (Å²) in [5.41, 5.74) is 5.08. The summed E-state index contributed by atoms with van der Waals surface area (Å²) in [6.45, 7) is 7.06. The molecule has 0 radical (unpaired) electrons. The van der Waals surface area contributed by atoms with Crippen LogP contribution in [-0.2, 0) is 13.0 Å². The highest BCUT2D eigenvalue weighted by Crippen LogP contribution is 2.53. The first-order valence-corrected chi connectivity index (χ1v) is 8.14. The first kappa shape index (κ1) is 12.5. The van der Waals surface area contributed by atoms with Crippen molar-refractivity contribution in [1.29, 1.82) is 0 Å². The third-order valence-electron chi connectivity index (χ3n) is 5.74. The van der Waals surface area contributed by atoms with E-state index in [1.54, 1.807) is 11.3 Å². The van der Waals surface area contributed by atoms with E-state index in [2.05, 4.69) is 48.0 Å². The van der Waals surface area contributed by atoms with Gasteiger partial charge in [-0.1, -0.05) is 32.0 Å². The summed E-state index contributed by atoms with van der Waals surface area (Å²) in [6.07, 6.45) is 5.12. The number of hydrogen-bond acceptors (Lipinski definition) is 1. The normalized spacial score (nSPS) is 28.6. The SMILES string of the molecule is CCc1c2n(c3ccccc13)C[C@]1(CC)CCCN[C@@H]21. The fourth-order valence-corrected chi connectivity index (χ4v) is 4.68. The Hall–Kier alpha value is -1.28. The topological polar surface area (TPSA) is 17.0 Å². The summed E-state index contributed by atoms with van der Waals surface area (Å²) in [6, 6.07) is 9.54. The zero-order valence-corrected chi connectivity index (χ0v) is 12.6. The molecule has 1 saturated heterocycles. The van der Waals surface area contributed by atoms with Crippen LogP contribution < -0.4 is 5.32 Å². The van der Waals surface area contributed by atoms with Crippen LogP contribution in [0.4, 0.5) is 0 Å². The molecule has 1 N–H and O–H groups in total. The maximum Gasteiger partial charge on any atom is 0.0552 e. The minimum Gasteiger partial charge on any atom is -0.342 e. The molecule has 20 heavy (non-hydrogen) atoms. The summed E-state index contributed by atoms with van der Waals surface area (Å²) in [7, 11) is 0. The standard InChI is InChI=1S/C18H24N2/c1-3-13-14-8-5-6-9-15(14)20-12-18(4-2)10-7-11-19-17(18)16(13)20/h5-6,8-9,17,19H,3-4,7,10-12H2,1-2H3/t17-,18-/m0/s1. The van der Waals surface area contributed by atoms with Crippen LogP contribution >= 0.6 is 0 Å². The van der Waals surface area contributed by atoms with Crippen molar-refractivity contribution in [3.05, 3.63) is 35.5 Å². The average molecular weight is 268 g/mol. The second-order valence-corrected chi connectivity index (χ2v) is 6.53. The molecule has 2 aliphatic rings. The number of piperidine rings is 1. The van der Waals surface area contributed by atoms with Gasteiger partial charge in [-0.25, -0.2) is 0 Å². The van der Waals surface area contributed by atoms with E-state index in [1.165, 1.54) is 43.3 Å². The lowest BCUT2D eigenvalue weighted by Crippen LogP contribution is -2.41. The van der Waals surface area contributed by atoms with E-state index in [9.17, 15) is 0 Å². The maximum atomic E-state index is 3.84. The highest BCUT2D eigenvalue weighted by Gasteiger charge is 2.48. The van der Waals surface area contributed by atoms with Gasteiger partial charge in [0, 0.05) is 28.6 Å². The number of fused-ring (bicyclic) bond motifs is 5. The van der Waals surface area contributed by atoms with E-state index < -0.39 is 0 Å². The maximum absolute atomic E-state index is 3.84. The van der Waals surface area contributed by atoms with Crippen molar-refractivity contribution in [2.45, 2.75) is 52.1 Å². The molecule has 0 aliphatic carbocycles. The molecule has 0 bridgehead atoms. The Labute approximate surface area is 121 Å². The molecule has 4 rings (SSSR count). The molecule has 2 aliphatic heterocycles.